The van der Waals surface area contributed by atoms with Crippen LogP contribution in [-0.4, -0.2) is 28.1 Å². The standard InChI is InChI=1S/C17H18N2O4/c1-11(15(21)12-7-3-2-4-8-12)18-16(22)17(23)19-13-9-5-6-10-14(13)20/h2-11,15,20-21H,1H3,(H,18,22)(H,19,23)/t11-,15-/m1/s1. The fraction of sp³-hybridized carbons (Fsp3) is 0.176. The number of rotatable bonds is 4. The van der Waals surface area contributed by atoms with E-state index in [9.17, 15) is 19.8 Å². The number of nitrogens with one attached hydrogen (secondary N) is 2. The maximum absolute atomic E-state index is 11.9. The van der Waals surface area contributed by atoms with Gasteiger partial charge in [0.2, 0.25) is 0 Å². The summed E-state index contributed by atoms with van der Waals surface area (Å²) in [5.74, 6) is -1.94. The van der Waals surface area contributed by atoms with Crippen LogP contribution in [0.25, 0.3) is 0 Å². The number of anilines is 1. The molecule has 120 valence electrons. The molecule has 0 saturated carbocycles. The maximum Gasteiger partial charge on any atom is 0.313 e. The minimum absolute atomic E-state index is 0.133. The zero-order chi connectivity index (χ0) is 16.8. The Balaban J connectivity index is 1.95. The Bertz CT molecular complexity index is 688. The molecule has 4 N–H and O–H groups in total. The molecule has 0 unspecified atom stereocenters. The summed E-state index contributed by atoms with van der Waals surface area (Å²) in [6.45, 7) is 1.60. The number of carbonyl (C=O) groups is 2. The largest absolute Gasteiger partial charge is 0.506 e. The first-order chi connectivity index (χ1) is 11.0. The van der Waals surface area contributed by atoms with Gasteiger partial charge in [0.15, 0.2) is 0 Å². The van der Waals surface area contributed by atoms with E-state index >= 15 is 0 Å². The molecule has 23 heavy (non-hydrogen) atoms. The van der Waals surface area contributed by atoms with Crippen molar-refractivity contribution in [1.29, 1.82) is 0 Å². The minimum Gasteiger partial charge on any atom is -0.506 e. The molecule has 2 amide bonds. The summed E-state index contributed by atoms with van der Waals surface area (Å²) in [6, 6.07) is 14.3. The van der Waals surface area contributed by atoms with Crippen molar-refractivity contribution in [2.24, 2.45) is 0 Å². The smallest absolute Gasteiger partial charge is 0.313 e. The van der Waals surface area contributed by atoms with Crippen molar-refractivity contribution in [2.45, 2.75) is 19.1 Å². The predicted octanol–water partition coefficient (Wildman–Crippen LogP) is 1.57. The maximum atomic E-state index is 11.9. The number of aromatic hydroxyl groups is 1. The third-order valence-electron chi connectivity index (χ3n) is 3.33. The Labute approximate surface area is 133 Å². The number of amides is 2. The lowest BCUT2D eigenvalue weighted by atomic mass is 10.0. The molecular formula is C17H18N2O4. The van der Waals surface area contributed by atoms with Crippen molar-refractivity contribution in [3.05, 3.63) is 60.2 Å². The summed E-state index contributed by atoms with van der Waals surface area (Å²) in [6.07, 6.45) is -0.932. The lowest BCUT2D eigenvalue weighted by Crippen LogP contribution is -2.43. The van der Waals surface area contributed by atoms with Gasteiger partial charge in [0.25, 0.3) is 0 Å². The molecule has 0 aliphatic carbocycles. The van der Waals surface area contributed by atoms with Crippen molar-refractivity contribution < 1.29 is 19.8 Å². The number of phenolic OH excluding ortho intramolecular Hbond substituents is 1. The Kier molecular flexibility index (Phi) is 5.32. The van der Waals surface area contributed by atoms with Gasteiger partial charge in [-0.2, -0.15) is 0 Å². The quantitative estimate of drug-likeness (QED) is 0.508. The van der Waals surface area contributed by atoms with Crippen molar-refractivity contribution >= 4 is 17.5 Å². The van der Waals surface area contributed by atoms with E-state index in [1.165, 1.54) is 12.1 Å². The summed E-state index contributed by atoms with van der Waals surface area (Å²) >= 11 is 0. The van der Waals surface area contributed by atoms with Gasteiger partial charge in [-0.15, -0.1) is 0 Å². The SMILES string of the molecule is C[C@@H](NC(=O)C(=O)Nc1ccccc1O)[C@@H](O)c1ccccc1. The summed E-state index contributed by atoms with van der Waals surface area (Å²) in [4.78, 5) is 23.7. The molecule has 0 aliphatic heterocycles. The third kappa shape index (κ3) is 4.31. The molecule has 0 heterocycles. The Hall–Kier alpha value is -2.86. The van der Waals surface area contributed by atoms with Crippen LogP contribution in [0.5, 0.6) is 5.75 Å². The van der Waals surface area contributed by atoms with Crippen LogP contribution in [0.15, 0.2) is 54.6 Å². The molecule has 0 bridgehead atoms. The molecule has 0 radical (unpaired) electrons. The number of phenols is 1. The number of carbonyl (C=O) groups excluding carboxylic acids is 2. The molecule has 2 aromatic carbocycles. The average molecular weight is 314 g/mol. The highest BCUT2D eigenvalue weighted by atomic mass is 16.3. The first kappa shape index (κ1) is 16.5. The lowest BCUT2D eigenvalue weighted by molar-refractivity contribution is -0.137. The van der Waals surface area contributed by atoms with Gasteiger partial charge < -0.3 is 20.8 Å². The molecule has 0 spiro atoms. The molecule has 0 fully saturated rings. The van der Waals surface area contributed by atoms with Crippen LogP contribution < -0.4 is 10.6 Å². The second-order valence-corrected chi connectivity index (χ2v) is 5.09. The topological polar surface area (TPSA) is 98.7 Å². The van der Waals surface area contributed by atoms with Crippen LogP contribution in [0.3, 0.4) is 0 Å². The van der Waals surface area contributed by atoms with Crippen LogP contribution in [-0.2, 0) is 9.59 Å². The van der Waals surface area contributed by atoms with E-state index in [0.29, 0.717) is 5.56 Å². The van der Waals surface area contributed by atoms with E-state index in [2.05, 4.69) is 10.6 Å². The van der Waals surface area contributed by atoms with E-state index in [1.807, 2.05) is 6.07 Å². The summed E-state index contributed by atoms with van der Waals surface area (Å²) in [7, 11) is 0. The van der Waals surface area contributed by atoms with Gasteiger partial charge >= 0.3 is 11.8 Å². The Morgan fingerprint density at radius 3 is 2.22 bits per heavy atom. The van der Waals surface area contributed by atoms with Crippen molar-refractivity contribution in [1.82, 2.24) is 5.32 Å². The first-order valence-corrected chi connectivity index (χ1v) is 7.12. The number of aliphatic hydroxyl groups excluding tert-OH is 1. The molecule has 6 nitrogen and oxygen atoms in total. The highest BCUT2D eigenvalue weighted by Crippen LogP contribution is 2.21. The monoisotopic (exact) mass is 314 g/mol. The van der Waals surface area contributed by atoms with E-state index in [-0.39, 0.29) is 11.4 Å². The number of para-hydroxylation sites is 2. The van der Waals surface area contributed by atoms with Crippen LogP contribution in [0.4, 0.5) is 5.69 Å². The van der Waals surface area contributed by atoms with E-state index in [1.54, 1.807) is 43.3 Å². The van der Waals surface area contributed by atoms with Crippen molar-refractivity contribution in [3.8, 4) is 5.75 Å². The van der Waals surface area contributed by atoms with E-state index in [4.69, 9.17) is 0 Å². The first-order valence-electron chi connectivity index (χ1n) is 7.12. The Morgan fingerprint density at radius 2 is 1.57 bits per heavy atom. The van der Waals surface area contributed by atoms with Gasteiger partial charge in [0, 0.05) is 0 Å². The summed E-state index contributed by atoms with van der Waals surface area (Å²) in [5, 5.41) is 24.5. The molecular weight excluding hydrogens is 296 g/mol. The zero-order valence-corrected chi connectivity index (χ0v) is 12.6. The molecule has 0 aliphatic rings. The molecule has 0 aromatic heterocycles. The van der Waals surface area contributed by atoms with Crippen LogP contribution in [0, 0.1) is 0 Å². The number of hydrogen-bond acceptors (Lipinski definition) is 4. The van der Waals surface area contributed by atoms with Crippen molar-refractivity contribution in [2.75, 3.05) is 5.32 Å². The molecule has 0 saturated heterocycles. The average Bonchev–Trinajstić information content (AvgIpc) is 2.56. The number of aliphatic hydroxyl groups is 1. The molecule has 2 atom stereocenters. The highest BCUT2D eigenvalue weighted by Gasteiger charge is 2.22. The van der Waals surface area contributed by atoms with Crippen LogP contribution in [0.1, 0.15) is 18.6 Å². The van der Waals surface area contributed by atoms with Gasteiger partial charge in [-0.3, -0.25) is 9.59 Å². The van der Waals surface area contributed by atoms with Gasteiger partial charge in [0.1, 0.15) is 5.75 Å². The van der Waals surface area contributed by atoms with Gasteiger partial charge in [0.05, 0.1) is 17.8 Å². The zero-order valence-electron chi connectivity index (χ0n) is 12.6. The van der Waals surface area contributed by atoms with E-state index in [0.717, 1.165) is 0 Å². The summed E-state index contributed by atoms with van der Waals surface area (Å²) < 4.78 is 0. The molecule has 6 heteroatoms. The predicted molar refractivity (Wildman–Crippen MR) is 85.7 cm³/mol. The lowest BCUT2D eigenvalue weighted by Gasteiger charge is -2.20. The minimum atomic E-state index is -0.932. The summed E-state index contributed by atoms with van der Waals surface area (Å²) in [5.41, 5.74) is 0.783. The highest BCUT2D eigenvalue weighted by molar-refractivity contribution is 6.39. The van der Waals surface area contributed by atoms with Gasteiger partial charge in [-0.1, -0.05) is 42.5 Å². The number of hydrogen-bond donors (Lipinski definition) is 4. The second-order valence-electron chi connectivity index (χ2n) is 5.09. The van der Waals surface area contributed by atoms with Crippen LogP contribution in [0.2, 0.25) is 0 Å². The number of benzene rings is 2. The van der Waals surface area contributed by atoms with Gasteiger partial charge in [-0.05, 0) is 24.6 Å². The normalized spacial score (nSPS) is 13.0. The van der Waals surface area contributed by atoms with Crippen LogP contribution >= 0.6 is 0 Å². The fourth-order valence-electron chi connectivity index (χ4n) is 2.05. The Morgan fingerprint density at radius 1 is 0.957 bits per heavy atom. The van der Waals surface area contributed by atoms with Gasteiger partial charge in [-0.25, -0.2) is 0 Å². The fourth-order valence-corrected chi connectivity index (χ4v) is 2.05. The molecule has 2 rings (SSSR count). The van der Waals surface area contributed by atoms with Crippen molar-refractivity contribution in [3.63, 3.8) is 0 Å². The third-order valence-corrected chi connectivity index (χ3v) is 3.33. The van der Waals surface area contributed by atoms with E-state index < -0.39 is 24.0 Å². The second kappa shape index (κ2) is 7.42. The molecule has 2 aromatic rings.